The van der Waals surface area contributed by atoms with Crippen LogP contribution in [0.15, 0.2) is 29.3 Å². The van der Waals surface area contributed by atoms with Crippen LogP contribution in [0, 0.1) is 5.82 Å². The lowest BCUT2D eigenvalue weighted by atomic mass is 10.2. The van der Waals surface area contributed by atoms with Crippen LogP contribution in [0.3, 0.4) is 0 Å². The predicted molar refractivity (Wildman–Crippen MR) is 125 cm³/mol. The standard InChI is InChI=1S/C21H32FN5O.HI/c1-3-23-21(24-16-18-8-4-5-9-19(18)22)27-14-12-25(13-15-27)17(2)20(28)26-10-6-7-11-26;/h4-5,8-9,17H,3,6-7,10-16H2,1-2H3,(H,23,24);1H. The van der Waals surface area contributed by atoms with Crippen molar-refractivity contribution in [2.24, 2.45) is 4.99 Å². The number of halogens is 2. The molecule has 0 saturated carbocycles. The van der Waals surface area contributed by atoms with E-state index in [-0.39, 0.29) is 41.7 Å². The van der Waals surface area contributed by atoms with Crippen molar-refractivity contribution in [3.05, 3.63) is 35.6 Å². The number of aliphatic imine (C=N–C) groups is 1. The zero-order chi connectivity index (χ0) is 19.9. The molecule has 29 heavy (non-hydrogen) atoms. The molecule has 0 radical (unpaired) electrons. The molecule has 2 saturated heterocycles. The normalized spacial score (nSPS) is 19.1. The number of benzene rings is 1. The maximum atomic E-state index is 13.9. The Morgan fingerprint density at radius 1 is 1.10 bits per heavy atom. The second-order valence-corrected chi connectivity index (χ2v) is 7.49. The summed E-state index contributed by atoms with van der Waals surface area (Å²) in [5.41, 5.74) is 0.598. The summed E-state index contributed by atoms with van der Waals surface area (Å²) in [7, 11) is 0. The molecule has 1 unspecified atom stereocenters. The molecule has 8 heteroatoms. The number of rotatable bonds is 5. The number of hydrogen-bond donors (Lipinski definition) is 1. The Morgan fingerprint density at radius 3 is 2.38 bits per heavy atom. The zero-order valence-corrected chi connectivity index (χ0v) is 19.8. The summed E-state index contributed by atoms with van der Waals surface area (Å²) in [5.74, 6) is 0.844. The van der Waals surface area contributed by atoms with E-state index in [1.807, 2.05) is 24.8 Å². The quantitative estimate of drug-likeness (QED) is 0.371. The van der Waals surface area contributed by atoms with Crippen LogP contribution in [-0.2, 0) is 11.3 Å². The van der Waals surface area contributed by atoms with Gasteiger partial charge in [0, 0.05) is 51.4 Å². The molecule has 0 spiro atoms. The van der Waals surface area contributed by atoms with E-state index in [4.69, 9.17) is 0 Å². The van der Waals surface area contributed by atoms with Gasteiger partial charge in [0.05, 0.1) is 12.6 Å². The summed E-state index contributed by atoms with van der Waals surface area (Å²) in [4.78, 5) is 23.7. The highest BCUT2D eigenvalue weighted by molar-refractivity contribution is 14.0. The van der Waals surface area contributed by atoms with E-state index in [1.54, 1.807) is 12.1 Å². The van der Waals surface area contributed by atoms with E-state index in [0.717, 1.165) is 64.6 Å². The minimum atomic E-state index is -0.221. The molecule has 0 aromatic heterocycles. The van der Waals surface area contributed by atoms with Crippen molar-refractivity contribution >= 4 is 35.8 Å². The van der Waals surface area contributed by atoms with E-state index in [9.17, 15) is 9.18 Å². The summed E-state index contributed by atoms with van der Waals surface area (Å²) in [6.07, 6.45) is 2.24. The number of nitrogens with zero attached hydrogens (tertiary/aromatic N) is 4. The van der Waals surface area contributed by atoms with Crippen molar-refractivity contribution < 1.29 is 9.18 Å². The van der Waals surface area contributed by atoms with Crippen molar-refractivity contribution in [2.45, 2.75) is 39.3 Å². The fourth-order valence-electron chi connectivity index (χ4n) is 3.89. The van der Waals surface area contributed by atoms with Gasteiger partial charge < -0.3 is 15.1 Å². The second-order valence-electron chi connectivity index (χ2n) is 7.49. The van der Waals surface area contributed by atoms with Gasteiger partial charge in [-0.25, -0.2) is 9.38 Å². The highest BCUT2D eigenvalue weighted by Gasteiger charge is 2.30. The molecule has 2 fully saturated rings. The Hall–Kier alpha value is -1.42. The highest BCUT2D eigenvalue weighted by atomic mass is 127. The maximum absolute atomic E-state index is 13.9. The molecule has 1 N–H and O–H groups in total. The highest BCUT2D eigenvalue weighted by Crippen LogP contribution is 2.14. The van der Waals surface area contributed by atoms with Crippen molar-refractivity contribution in [2.75, 3.05) is 45.8 Å². The minimum absolute atomic E-state index is 0. The van der Waals surface area contributed by atoms with Crippen LogP contribution in [0.5, 0.6) is 0 Å². The largest absolute Gasteiger partial charge is 0.357 e. The minimum Gasteiger partial charge on any atom is -0.357 e. The van der Waals surface area contributed by atoms with E-state index >= 15 is 0 Å². The van der Waals surface area contributed by atoms with Gasteiger partial charge in [-0.05, 0) is 32.8 Å². The van der Waals surface area contributed by atoms with Gasteiger partial charge in [0.15, 0.2) is 5.96 Å². The summed E-state index contributed by atoms with van der Waals surface area (Å²) in [6, 6.07) is 6.69. The van der Waals surface area contributed by atoms with Crippen LogP contribution < -0.4 is 5.32 Å². The van der Waals surface area contributed by atoms with Crippen molar-refractivity contribution in [1.29, 1.82) is 0 Å². The van der Waals surface area contributed by atoms with Crippen molar-refractivity contribution in [1.82, 2.24) is 20.0 Å². The third-order valence-electron chi connectivity index (χ3n) is 5.63. The van der Waals surface area contributed by atoms with Gasteiger partial charge in [-0.3, -0.25) is 9.69 Å². The lowest BCUT2D eigenvalue weighted by molar-refractivity contribution is -0.135. The van der Waals surface area contributed by atoms with Crippen molar-refractivity contribution in [3.63, 3.8) is 0 Å². The Kier molecular flexibility index (Phi) is 9.61. The summed E-state index contributed by atoms with van der Waals surface area (Å²) in [6.45, 7) is 10.2. The first-order valence-corrected chi connectivity index (χ1v) is 10.4. The number of piperazine rings is 1. The molecule has 1 amide bonds. The monoisotopic (exact) mass is 517 g/mol. The van der Waals surface area contributed by atoms with E-state index in [2.05, 4.69) is 20.1 Å². The average molecular weight is 517 g/mol. The zero-order valence-electron chi connectivity index (χ0n) is 17.4. The molecular formula is C21H33FIN5O. The van der Waals surface area contributed by atoms with E-state index < -0.39 is 0 Å². The molecule has 1 atom stereocenters. The van der Waals surface area contributed by atoms with Crippen molar-refractivity contribution in [3.8, 4) is 0 Å². The third-order valence-corrected chi connectivity index (χ3v) is 5.63. The third kappa shape index (κ3) is 6.28. The molecule has 1 aromatic carbocycles. The molecule has 162 valence electrons. The van der Waals surface area contributed by atoms with Crippen LogP contribution in [0.25, 0.3) is 0 Å². The first-order chi connectivity index (χ1) is 13.6. The second kappa shape index (κ2) is 11.7. The first-order valence-electron chi connectivity index (χ1n) is 10.4. The average Bonchev–Trinajstić information content (AvgIpc) is 3.26. The molecule has 2 aliphatic rings. The summed E-state index contributed by atoms with van der Waals surface area (Å²) in [5, 5.41) is 3.31. The molecule has 6 nitrogen and oxygen atoms in total. The molecule has 2 heterocycles. The number of nitrogens with one attached hydrogen (secondary N) is 1. The molecule has 3 rings (SSSR count). The first kappa shape index (κ1) is 23.9. The molecule has 0 aliphatic carbocycles. The van der Waals surface area contributed by atoms with Crippen LogP contribution in [0.2, 0.25) is 0 Å². The maximum Gasteiger partial charge on any atom is 0.239 e. The Labute approximate surface area is 190 Å². The van der Waals surface area contributed by atoms with Gasteiger partial charge in [-0.15, -0.1) is 24.0 Å². The van der Waals surface area contributed by atoms with Gasteiger partial charge in [-0.1, -0.05) is 18.2 Å². The smallest absolute Gasteiger partial charge is 0.239 e. The van der Waals surface area contributed by atoms with Crippen LogP contribution in [-0.4, -0.2) is 78.4 Å². The number of guanidine groups is 1. The molecule has 1 aromatic rings. The number of carbonyl (C=O) groups is 1. The van der Waals surface area contributed by atoms with Gasteiger partial charge in [0.2, 0.25) is 5.91 Å². The van der Waals surface area contributed by atoms with Crippen LogP contribution >= 0.6 is 24.0 Å². The van der Waals surface area contributed by atoms with E-state index in [1.165, 1.54) is 6.07 Å². The number of likely N-dealkylation sites (tertiary alicyclic amines) is 1. The van der Waals surface area contributed by atoms with Gasteiger partial charge in [0.1, 0.15) is 5.82 Å². The van der Waals surface area contributed by atoms with Gasteiger partial charge in [0.25, 0.3) is 0 Å². The molecular weight excluding hydrogens is 484 g/mol. The van der Waals surface area contributed by atoms with Crippen LogP contribution in [0.1, 0.15) is 32.3 Å². The Bertz CT molecular complexity index is 687. The van der Waals surface area contributed by atoms with Crippen LogP contribution in [0.4, 0.5) is 4.39 Å². The summed E-state index contributed by atoms with van der Waals surface area (Å²) < 4.78 is 13.9. The Balaban J connectivity index is 0.00000300. The fraction of sp³-hybridized carbons (Fsp3) is 0.619. The lowest BCUT2D eigenvalue weighted by Crippen LogP contribution is -2.57. The fourth-order valence-corrected chi connectivity index (χ4v) is 3.89. The number of hydrogen-bond acceptors (Lipinski definition) is 3. The lowest BCUT2D eigenvalue weighted by Gasteiger charge is -2.39. The topological polar surface area (TPSA) is 51.2 Å². The number of carbonyl (C=O) groups excluding carboxylic acids is 1. The predicted octanol–water partition coefficient (Wildman–Crippen LogP) is 2.54. The van der Waals surface area contributed by atoms with Gasteiger partial charge >= 0.3 is 0 Å². The summed E-state index contributed by atoms with van der Waals surface area (Å²) >= 11 is 0. The van der Waals surface area contributed by atoms with E-state index in [0.29, 0.717) is 12.1 Å². The SMILES string of the molecule is CCNC(=NCc1ccccc1F)N1CCN(C(C)C(=O)N2CCCC2)CC1.I. The van der Waals surface area contributed by atoms with Gasteiger partial charge in [-0.2, -0.15) is 0 Å². The molecule has 0 bridgehead atoms. The Morgan fingerprint density at radius 2 is 1.76 bits per heavy atom. The molecule has 2 aliphatic heterocycles. The number of amides is 1.